The Morgan fingerprint density at radius 1 is 1.13 bits per heavy atom. The van der Waals surface area contributed by atoms with Crippen LogP contribution in [0.5, 0.6) is 5.75 Å². The van der Waals surface area contributed by atoms with Gasteiger partial charge >= 0.3 is 11.6 Å². The van der Waals surface area contributed by atoms with Crippen molar-refractivity contribution in [3.63, 3.8) is 0 Å². The molecular weight excluding hydrogens is 384 g/mol. The molecule has 2 heterocycles. The molecule has 0 bridgehead atoms. The first-order chi connectivity index (χ1) is 14.5. The lowest BCUT2D eigenvalue weighted by Crippen LogP contribution is -2.16. The van der Waals surface area contributed by atoms with E-state index < -0.39 is 11.6 Å². The molecule has 4 rings (SSSR count). The van der Waals surface area contributed by atoms with Gasteiger partial charge in [0.1, 0.15) is 24.5 Å². The number of carbonyl (C=O) groups is 1. The minimum Gasteiger partial charge on any atom is -0.491 e. The van der Waals surface area contributed by atoms with Crippen LogP contribution in [0.4, 0.5) is 0 Å². The summed E-state index contributed by atoms with van der Waals surface area (Å²) < 4.78 is 22.1. The van der Waals surface area contributed by atoms with E-state index in [1.54, 1.807) is 24.3 Å². The van der Waals surface area contributed by atoms with Gasteiger partial charge in [-0.3, -0.25) is 0 Å². The molecule has 0 aliphatic carbocycles. The van der Waals surface area contributed by atoms with E-state index in [-0.39, 0.29) is 12.7 Å². The standard InChI is InChI=1S/C24H24O6/c1-15-5-10-21-18(12-22(25)30-23(21)16(15)2)13-29-24(26)17-6-8-19(9-7-17)28-14-20-4-3-11-27-20/h5-10,12,20H,3-4,11,13-14H2,1-2H3. The van der Waals surface area contributed by atoms with Crippen molar-refractivity contribution in [2.24, 2.45) is 0 Å². The maximum absolute atomic E-state index is 12.5. The maximum Gasteiger partial charge on any atom is 0.338 e. The summed E-state index contributed by atoms with van der Waals surface area (Å²) in [5.74, 6) is 0.213. The molecule has 1 aromatic heterocycles. The molecule has 156 valence electrons. The molecule has 0 spiro atoms. The summed E-state index contributed by atoms with van der Waals surface area (Å²) in [6.45, 7) is 5.14. The summed E-state index contributed by atoms with van der Waals surface area (Å²) >= 11 is 0. The topological polar surface area (TPSA) is 75.0 Å². The Morgan fingerprint density at radius 2 is 1.93 bits per heavy atom. The van der Waals surface area contributed by atoms with Gasteiger partial charge in [-0.2, -0.15) is 0 Å². The first-order valence-corrected chi connectivity index (χ1v) is 10.1. The molecule has 30 heavy (non-hydrogen) atoms. The molecule has 0 radical (unpaired) electrons. The second kappa shape index (κ2) is 8.71. The highest BCUT2D eigenvalue weighted by Gasteiger charge is 2.16. The number of esters is 1. The maximum atomic E-state index is 12.5. The minimum atomic E-state index is -0.467. The molecule has 1 aliphatic heterocycles. The third kappa shape index (κ3) is 4.39. The van der Waals surface area contributed by atoms with Gasteiger partial charge in [0, 0.05) is 23.6 Å². The monoisotopic (exact) mass is 408 g/mol. The highest BCUT2D eigenvalue weighted by Crippen LogP contribution is 2.24. The second-order valence-electron chi connectivity index (χ2n) is 7.52. The molecule has 0 saturated carbocycles. The van der Waals surface area contributed by atoms with E-state index in [0.717, 1.165) is 36.0 Å². The van der Waals surface area contributed by atoms with Crippen LogP contribution in [0, 0.1) is 13.8 Å². The van der Waals surface area contributed by atoms with E-state index in [1.807, 2.05) is 26.0 Å². The fourth-order valence-electron chi connectivity index (χ4n) is 3.52. The lowest BCUT2D eigenvalue weighted by molar-refractivity contribution is 0.0473. The van der Waals surface area contributed by atoms with Crippen molar-refractivity contribution in [2.75, 3.05) is 13.2 Å². The Balaban J connectivity index is 1.42. The van der Waals surface area contributed by atoms with E-state index in [1.165, 1.54) is 6.07 Å². The molecular formula is C24H24O6. The van der Waals surface area contributed by atoms with Gasteiger partial charge in [-0.15, -0.1) is 0 Å². The van der Waals surface area contributed by atoms with Crippen molar-refractivity contribution in [3.8, 4) is 5.75 Å². The number of hydrogen-bond donors (Lipinski definition) is 0. The van der Waals surface area contributed by atoms with E-state index in [2.05, 4.69) is 0 Å². The van der Waals surface area contributed by atoms with Crippen molar-refractivity contribution in [3.05, 3.63) is 75.1 Å². The molecule has 1 aliphatic rings. The van der Waals surface area contributed by atoms with Crippen LogP contribution in [0.25, 0.3) is 11.0 Å². The Bertz CT molecular complexity index is 1110. The van der Waals surface area contributed by atoms with Gasteiger partial charge in [0.2, 0.25) is 0 Å². The summed E-state index contributed by atoms with van der Waals surface area (Å²) in [4.78, 5) is 24.4. The second-order valence-corrected chi connectivity index (χ2v) is 7.52. The van der Waals surface area contributed by atoms with E-state index in [4.69, 9.17) is 18.6 Å². The molecule has 1 saturated heterocycles. The van der Waals surface area contributed by atoms with Crippen LogP contribution < -0.4 is 10.4 Å². The van der Waals surface area contributed by atoms with Crippen molar-refractivity contribution in [2.45, 2.75) is 39.4 Å². The van der Waals surface area contributed by atoms with Crippen LogP contribution >= 0.6 is 0 Å². The highest BCUT2D eigenvalue weighted by molar-refractivity contribution is 5.90. The summed E-state index contributed by atoms with van der Waals surface area (Å²) in [6.07, 6.45) is 2.22. The normalized spacial score (nSPS) is 16.0. The minimum absolute atomic E-state index is 0.0132. The van der Waals surface area contributed by atoms with Gasteiger partial charge in [0.25, 0.3) is 0 Å². The van der Waals surface area contributed by atoms with Crippen molar-refractivity contribution < 1.29 is 23.4 Å². The summed E-state index contributed by atoms with van der Waals surface area (Å²) in [5.41, 5.74) is 3.03. The van der Waals surface area contributed by atoms with Crippen LogP contribution in [0.3, 0.4) is 0 Å². The summed E-state index contributed by atoms with van der Waals surface area (Å²) in [5, 5.41) is 0.767. The quantitative estimate of drug-likeness (QED) is 0.447. The predicted molar refractivity (Wildman–Crippen MR) is 112 cm³/mol. The van der Waals surface area contributed by atoms with Gasteiger partial charge in [-0.1, -0.05) is 12.1 Å². The molecule has 6 nitrogen and oxygen atoms in total. The molecule has 3 aromatic rings. The predicted octanol–water partition coefficient (Wildman–Crippen LogP) is 4.32. The Morgan fingerprint density at radius 3 is 2.67 bits per heavy atom. The SMILES string of the molecule is Cc1ccc2c(COC(=O)c3ccc(OCC4CCCO4)cc3)cc(=O)oc2c1C. The van der Waals surface area contributed by atoms with Crippen LogP contribution in [0.2, 0.25) is 0 Å². The molecule has 0 amide bonds. The van der Waals surface area contributed by atoms with Crippen LogP contribution in [0.15, 0.2) is 51.7 Å². The van der Waals surface area contributed by atoms with Gasteiger partial charge in [0.05, 0.1) is 11.7 Å². The zero-order chi connectivity index (χ0) is 21.1. The zero-order valence-corrected chi connectivity index (χ0v) is 17.1. The largest absolute Gasteiger partial charge is 0.491 e. The molecule has 1 fully saturated rings. The summed E-state index contributed by atoms with van der Waals surface area (Å²) in [7, 11) is 0. The van der Waals surface area contributed by atoms with Gasteiger partial charge in [0.15, 0.2) is 0 Å². The number of aryl methyl sites for hydroxylation is 2. The molecule has 6 heteroatoms. The number of hydrogen-bond acceptors (Lipinski definition) is 6. The molecule has 1 unspecified atom stereocenters. The van der Waals surface area contributed by atoms with E-state index in [0.29, 0.717) is 29.1 Å². The van der Waals surface area contributed by atoms with Gasteiger partial charge in [-0.25, -0.2) is 9.59 Å². The van der Waals surface area contributed by atoms with E-state index >= 15 is 0 Å². The number of fused-ring (bicyclic) bond motifs is 1. The van der Waals surface area contributed by atoms with Crippen molar-refractivity contribution in [1.82, 2.24) is 0 Å². The Labute approximate surface area is 174 Å². The van der Waals surface area contributed by atoms with Crippen molar-refractivity contribution in [1.29, 1.82) is 0 Å². The van der Waals surface area contributed by atoms with Crippen LogP contribution in [0.1, 0.15) is 39.9 Å². The highest BCUT2D eigenvalue weighted by atomic mass is 16.5. The first-order valence-electron chi connectivity index (χ1n) is 10.1. The smallest absolute Gasteiger partial charge is 0.338 e. The van der Waals surface area contributed by atoms with E-state index in [9.17, 15) is 9.59 Å². The van der Waals surface area contributed by atoms with Gasteiger partial charge < -0.3 is 18.6 Å². The number of rotatable bonds is 6. The number of benzene rings is 2. The average Bonchev–Trinajstić information content (AvgIpc) is 3.27. The lowest BCUT2D eigenvalue weighted by atomic mass is 10.0. The molecule has 0 N–H and O–H groups in total. The number of ether oxygens (including phenoxy) is 3. The third-order valence-electron chi connectivity index (χ3n) is 5.43. The Kier molecular flexibility index (Phi) is 5.86. The summed E-state index contributed by atoms with van der Waals surface area (Å²) in [6, 6.07) is 12.0. The van der Waals surface area contributed by atoms with Crippen LogP contribution in [-0.4, -0.2) is 25.3 Å². The average molecular weight is 408 g/mol. The lowest BCUT2D eigenvalue weighted by Gasteiger charge is -2.12. The van der Waals surface area contributed by atoms with Crippen molar-refractivity contribution >= 4 is 16.9 Å². The third-order valence-corrected chi connectivity index (χ3v) is 5.43. The molecule has 2 aromatic carbocycles. The van der Waals surface area contributed by atoms with Crippen LogP contribution in [-0.2, 0) is 16.1 Å². The fourth-order valence-corrected chi connectivity index (χ4v) is 3.52. The number of carbonyl (C=O) groups excluding carboxylic acids is 1. The zero-order valence-electron chi connectivity index (χ0n) is 17.1. The Hall–Kier alpha value is -3.12. The first kappa shape index (κ1) is 20.2. The molecule has 1 atom stereocenters. The fraction of sp³-hybridized carbons (Fsp3) is 0.333. The van der Waals surface area contributed by atoms with Gasteiger partial charge in [-0.05, 0) is 62.1 Å².